The SMILES string of the molecule is COC(=O)c1ccc(CSc2ccc3c(c2)CCC3)nc1. The van der Waals surface area contributed by atoms with Gasteiger partial charge >= 0.3 is 5.97 Å². The molecule has 1 aliphatic rings. The summed E-state index contributed by atoms with van der Waals surface area (Å²) in [4.78, 5) is 16.9. The van der Waals surface area contributed by atoms with Crippen LogP contribution in [0, 0.1) is 0 Å². The van der Waals surface area contributed by atoms with Crippen LogP contribution in [0.25, 0.3) is 0 Å². The van der Waals surface area contributed by atoms with E-state index in [1.807, 2.05) is 6.07 Å². The van der Waals surface area contributed by atoms with Gasteiger partial charge in [0.1, 0.15) is 0 Å². The van der Waals surface area contributed by atoms with Gasteiger partial charge in [0.05, 0.1) is 18.4 Å². The molecule has 1 aliphatic carbocycles. The number of aromatic nitrogens is 1. The van der Waals surface area contributed by atoms with Crippen molar-refractivity contribution in [3.05, 3.63) is 58.9 Å². The lowest BCUT2D eigenvalue weighted by atomic mass is 10.1. The minimum absolute atomic E-state index is 0.347. The van der Waals surface area contributed by atoms with Crippen LogP contribution in [0.4, 0.5) is 0 Å². The number of fused-ring (bicyclic) bond motifs is 1. The standard InChI is InChI=1S/C17H17NO2S/c1-20-17(19)14-5-7-15(18-10-14)11-21-16-8-6-12-3-2-4-13(12)9-16/h5-10H,2-4,11H2,1H3. The Kier molecular flexibility index (Phi) is 4.25. The van der Waals surface area contributed by atoms with Gasteiger partial charge in [0.2, 0.25) is 0 Å². The first kappa shape index (κ1) is 14.1. The number of nitrogens with zero attached hydrogens (tertiary/aromatic N) is 1. The number of aryl methyl sites for hydroxylation is 2. The molecule has 1 aromatic carbocycles. The number of rotatable bonds is 4. The molecule has 0 bridgehead atoms. The second-order valence-corrected chi connectivity index (χ2v) is 6.15. The third-order valence-corrected chi connectivity index (χ3v) is 4.73. The lowest BCUT2D eigenvalue weighted by molar-refractivity contribution is 0.0600. The first-order chi connectivity index (χ1) is 10.3. The predicted molar refractivity (Wildman–Crippen MR) is 83.6 cm³/mol. The number of hydrogen-bond acceptors (Lipinski definition) is 4. The number of hydrogen-bond donors (Lipinski definition) is 0. The minimum atomic E-state index is -0.347. The van der Waals surface area contributed by atoms with Crippen molar-refractivity contribution in [2.75, 3.05) is 7.11 Å². The fourth-order valence-electron chi connectivity index (χ4n) is 2.54. The smallest absolute Gasteiger partial charge is 0.339 e. The second kappa shape index (κ2) is 6.31. The van der Waals surface area contributed by atoms with Gasteiger partial charge in [-0.1, -0.05) is 6.07 Å². The molecule has 108 valence electrons. The van der Waals surface area contributed by atoms with Crippen LogP contribution in [0.15, 0.2) is 41.4 Å². The van der Waals surface area contributed by atoms with Crippen molar-refractivity contribution >= 4 is 17.7 Å². The number of carbonyl (C=O) groups excluding carboxylic acids is 1. The van der Waals surface area contributed by atoms with Gasteiger partial charge in [0, 0.05) is 16.8 Å². The van der Waals surface area contributed by atoms with Gasteiger partial charge in [-0.3, -0.25) is 4.98 Å². The molecule has 0 N–H and O–H groups in total. The maximum atomic E-state index is 11.3. The third-order valence-electron chi connectivity index (χ3n) is 3.70. The van der Waals surface area contributed by atoms with Crippen molar-refractivity contribution in [2.24, 2.45) is 0 Å². The van der Waals surface area contributed by atoms with E-state index in [0.717, 1.165) is 11.4 Å². The highest BCUT2D eigenvalue weighted by molar-refractivity contribution is 7.98. The van der Waals surface area contributed by atoms with Crippen LogP contribution in [-0.2, 0) is 23.3 Å². The number of esters is 1. The summed E-state index contributed by atoms with van der Waals surface area (Å²) in [6.45, 7) is 0. The highest BCUT2D eigenvalue weighted by Gasteiger charge is 2.11. The first-order valence-corrected chi connectivity index (χ1v) is 8.02. The zero-order valence-electron chi connectivity index (χ0n) is 12.0. The van der Waals surface area contributed by atoms with E-state index in [4.69, 9.17) is 0 Å². The number of pyridine rings is 1. The Labute approximate surface area is 128 Å². The molecule has 3 nitrogen and oxygen atoms in total. The van der Waals surface area contributed by atoms with Crippen molar-refractivity contribution < 1.29 is 9.53 Å². The van der Waals surface area contributed by atoms with E-state index in [-0.39, 0.29) is 5.97 Å². The van der Waals surface area contributed by atoms with E-state index in [1.54, 1.807) is 24.0 Å². The van der Waals surface area contributed by atoms with Gasteiger partial charge in [-0.25, -0.2) is 4.79 Å². The van der Waals surface area contributed by atoms with Crippen molar-refractivity contribution in [1.29, 1.82) is 0 Å². The number of carbonyl (C=O) groups is 1. The van der Waals surface area contributed by atoms with E-state index >= 15 is 0 Å². The molecule has 0 fully saturated rings. The molecule has 1 heterocycles. The fourth-order valence-corrected chi connectivity index (χ4v) is 3.42. The van der Waals surface area contributed by atoms with Gasteiger partial charge in [-0.2, -0.15) is 0 Å². The Morgan fingerprint density at radius 2 is 2.10 bits per heavy atom. The summed E-state index contributed by atoms with van der Waals surface area (Å²) in [5.74, 6) is 0.459. The zero-order valence-corrected chi connectivity index (χ0v) is 12.8. The van der Waals surface area contributed by atoms with Crippen LogP contribution < -0.4 is 0 Å². The molecule has 0 saturated carbocycles. The maximum absolute atomic E-state index is 11.3. The third kappa shape index (κ3) is 3.27. The van der Waals surface area contributed by atoms with Crippen LogP contribution in [0.3, 0.4) is 0 Å². The number of methoxy groups -OCH3 is 1. The number of benzene rings is 1. The largest absolute Gasteiger partial charge is 0.465 e. The molecule has 0 radical (unpaired) electrons. The molecular formula is C17H17NO2S. The van der Waals surface area contributed by atoms with E-state index < -0.39 is 0 Å². The van der Waals surface area contributed by atoms with Gasteiger partial charge in [-0.05, 0) is 54.7 Å². The molecule has 21 heavy (non-hydrogen) atoms. The Morgan fingerprint density at radius 1 is 1.24 bits per heavy atom. The van der Waals surface area contributed by atoms with E-state index in [2.05, 4.69) is 27.9 Å². The van der Waals surface area contributed by atoms with Gasteiger partial charge in [-0.15, -0.1) is 11.8 Å². The van der Waals surface area contributed by atoms with Crippen LogP contribution in [0.1, 0.15) is 33.6 Å². The van der Waals surface area contributed by atoms with Crippen LogP contribution in [-0.4, -0.2) is 18.1 Å². The van der Waals surface area contributed by atoms with Crippen molar-refractivity contribution in [3.63, 3.8) is 0 Å². The quantitative estimate of drug-likeness (QED) is 0.638. The molecule has 0 aliphatic heterocycles. The average molecular weight is 299 g/mol. The average Bonchev–Trinajstić information content (AvgIpc) is 3.00. The molecule has 1 aromatic heterocycles. The highest BCUT2D eigenvalue weighted by Crippen LogP contribution is 2.29. The molecule has 2 aromatic rings. The summed E-state index contributed by atoms with van der Waals surface area (Å²) < 4.78 is 4.66. The zero-order chi connectivity index (χ0) is 14.7. The fraction of sp³-hybridized carbons (Fsp3) is 0.294. The summed E-state index contributed by atoms with van der Waals surface area (Å²) in [7, 11) is 1.37. The molecule has 3 rings (SSSR count). The molecule has 0 unspecified atom stereocenters. The Bertz CT molecular complexity index is 652. The highest BCUT2D eigenvalue weighted by atomic mass is 32.2. The Morgan fingerprint density at radius 3 is 2.86 bits per heavy atom. The Balaban J connectivity index is 1.63. The van der Waals surface area contributed by atoms with E-state index in [1.165, 1.54) is 42.4 Å². The predicted octanol–water partition coefficient (Wildman–Crippen LogP) is 3.65. The number of ether oxygens (including phenoxy) is 1. The second-order valence-electron chi connectivity index (χ2n) is 5.10. The summed E-state index contributed by atoms with van der Waals surface area (Å²) in [6, 6.07) is 10.4. The minimum Gasteiger partial charge on any atom is -0.465 e. The lowest BCUT2D eigenvalue weighted by Crippen LogP contribution is -2.02. The topological polar surface area (TPSA) is 39.2 Å². The summed E-state index contributed by atoms with van der Waals surface area (Å²) in [5, 5.41) is 0. The van der Waals surface area contributed by atoms with Crippen molar-refractivity contribution in [3.8, 4) is 0 Å². The number of thioether (sulfide) groups is 1. The normalized spacial score (nSPS) is 13.0. The van der Waals surface area contributed by atoms with E-state index in [9.17, 15) is 4.79 Å². The molecule has 0 amide bonds. The van der Waals surface area contributed by atoms with Gasteiger partial charge in [0.25, 0.3) is 0 Å². The monoisotopic (exact) mass is 299 g/mol. The summed E-state index contributed by atoms with van der Waals surface area (Å²) in [6.07, 6.45) is 5.27. The molecule has 4 heteroatoms. The lowest BCUT2D eigenvalue weighted by Gasteiger charge is -2.05. The first-order valence-electron chi connectivity index (χ1n) is 7.04. The molecule has 0 atom stereocenters. The van der Waals surface area contributed by atoms with Gasteiger partial charge < -0.3 is 4.74 Å². The van der Waals surface area contributed by atoms with Crippen molar-refractivity contribution in [1.82, 2.24) is 4.98 Å². The molecule has 0 spiro atoms. The summed E-state index contributed by atoms with van der Waals surface area (Å²) >= 11 is 1.78. The maximum Gasteiger partial charge on any atom is 0.339 e. The van der Waals surface area contributed by atoms with Crippen LogP contribution in [0.5, 0.6) is 0 Å². The van der Waals surface area contributed by atoms with Crippen molar-refractivity contribution in [2.45, 2.75) is 29.9 Å². The van der Waals surface area contributed by atoms with E-state index in [0.29, 0.717) is 5.56 Å². The molecule has 0 saturated heterocycles. The Hall–Kier alpha value is -1.81. The van der Waals surface area contributed by atoms with Gasteiger partial charge in [0.15, 0.2) is 0 Å². The van der Waals surface area contributed by atoms with Crippen LogP contribution >= 0.6 is 11.8 Å². The van der Waals surface area contributed by atoms with Crippen LogP contribution in [0.2, 0.25) is 0 Å². The summed E-state index contributed by atoms with van der Waals surface area (Å²) in [5.41, 5.74) is 4.45. The molecular weight excluding hydrogens is 282 g/mol.